The van der Waals surface area contributed by atoms with E-state index in [0.717, 1.165) is 6.07 Å². The van der Waals surface area contributed by atoms with Crippen LogP contribution in [-0.2, 0) is 27.2 Å². The van der Waals surface area contributed by atoms with Crippen molar-refractivity contribution in [3.05, 3.63) is 23.3 Å². The standard InChI is InChI=1S/C15H14F3NO4S/c1-24(22,23)14-9(4-5-11(13(14)21)15(16,17)18)6-10(7-19)12(20)8-2-3-8/h4-5,8,10,21H,2-3,6H2,1H3. The van der Waals surface area contributed by atoms with E-state index in [2.05, 4.69) is 0 Å². The topological polar surface area (TPSA) is 95.2 Å². The summed E-state index contributed by atoms with van der Waals surface area (Å²) >= 11 is 0. The van der Waals surface area contributed by atoms with Gasteiger partial charge >= 0.3 is 6.18 Å². The fourth-order valence-electron chi connectivity index (χ4n) is 2.50. The predicted octanol–water partition coefficient (Wildman–Crippen LogP) is 2.48. The van der Waals surface area contributed by atoms with Crippen molar-refractivity contribution in [3.8, 4) is 11.8 Å². The molecule has 9 heteroatoms. The first-order valence-electron chi connectivity index (χ1n) is 7.02. The number of phenolic OH excluding ortho intramolecular Hbond substituents is 1. The monoisotopic (exact) mass is 361 g/mol. The van der Waals surface area contributed by atoms with Gasteiger partial charge in [-0.3, -0.25) is 4.79 Å². The lowest BCUT2D eigenvalue weighted by Crippen LogP contribution is -2.19. The average molecular weight is 361 g/mol. The van der Waals surface area contributed by atoms with Crippen LogP contribution >= 0.6 is 0 Å². The molecular weight excluding hydrogens is 347 g/mol. The van der Waals surface area contributed by atoms with Gasteiger partial charge in [0.05, 0.1) is 11.6 Å². The van der Waals surface area contributed by atoms with Gasteiger partial charge in [-0.05, 0) is 30.9 Å². The number of nitriles is 1. The van der Waals surface area contributed by atoms with E-state index in [0.29, 0.717) is 25.2 Å². The molecule has 1 aliphatic rings. The van der Waals surface area contributed by atoms with Crippen molar-refractivity contribution >= 4 is 15.6 Å². The number of ketones is 1. The molecule has 0 heterocycles. The summed E-state index contributed by atoms with van der Waals surface area (Å²) < 4.78 is 62.3. The number of rotatable bonds is 5. The van der Waals surface area contributed by atoms with Crippen molar-refractivity contribution in [2.45, 2.75) is 30.3 Å². The zero-order chi connectivity index (χ0) is 18.3. The van der Waals surface area contributed by atoms with Crippen LogP contribution in [0.2, 0.25) is 0 Å². The second-order valence-corrected chi connectivity index (χ2v) is 7.73. The largest absolute Gasteiger partial charge is 0.506 e. The Morgan fingerprint density at radius 3 is 2.42 bits per heavy atom. The summed E-state index contributed by atoms with van der Waals surface area (Å²) in [4.78, 5) is 11.1. The first kappa shape index (κ1) is 18.3. The van der Waals surface area contributed by atoms with Gasteiger partial charge in [0.2, 0.25) is 0 Å². The SMILES string of the molecule is CS(=O)(=O)c1c(CC(C#N)C(=O)C2CC2)ccc(C(F)(F)F)c1O. The summed E-state index contributed by atoms with van der Waals surface area (Å²) in [6, 6.07) is 3.21. The number of Topliss-reactive ketones (excluding diaryl/α,β-unsaturated/α-hetero) is 1. The normalized spacial score (nSPS) is 16.5. The third-order valence-corrected chi connectivity index (χ3v) is 4.99. The molecule has 1 aromatic carbocycles. The zero-order valence-electron chi connectivity index (χ0n) is 12.6. The molecule has 1 aromatic rings. The van der Waals surface area contributed by atoms with Crippen LogP contribution in [0, 0.1) is 23.2 Å². The van der Waals surface area contributed by atoms with Gasteiger partial charge in [-0.15, -0.1) is 0 Å². The van der Waals surface area contributed by atoms with Gasteiger partial charge in [-0.2, -0.15) is 18.4 Å². The van der Waals surface area contributed by atoms with E-state index in [1.165, 1.54) is 0 Å². The van der Waals surface area contributed by atoms with Crippen molar-refractivity contribution in [1.29, 1.82) is 5.26 Å². The van der Waals surface area contributed by atoms with Crippen LogP contribution in [0.4, 0.5) is 13.2 Å². The molecule has 0 amide bonds. The highest BCUT2D eigenvalue weighted by Crippen LogP contribution is 2.41. The van der Waals surface area contributed by atoms with Gasteiger partial charge in [0.25, 0.3) is 0 Å². The van der Waals surface area contributed by atoms with Crippen LogP contribution in [0.1, 0.15) is 24.0 Å². The van der Waals surface area contributed by atoms with Crippen LogP contribution in [0.5, 0.6) is 5.75 Å². The molecule has 24 heavy (non-hydrogen) atoms. The summed E-state index contributed by atoms with van der Waals surface area (Å²) in [5.41, 5.74) is -1.66. The summed E-state index contributed by atoms with van der Waals surface area (Å²) in [6.45, 7) is 0. The number of halogens is 3. The van der Waals surface area contributed by atoms with E-state index in [4.69, 9.17) is 5.26 Å². The summed E-state index contributed by atoms with van der Waals surface area (Å²) in [7, 11) is -4.20. The Morgan fingerprint density at radius 1 is 1.42 bits per heavy atom. The highest BCUT2D eigenvalue weighted by molar-refractivity contribution is 7.90. The quantitative estimate of drug-likeness (QED) is 0.869. The molecule has 1 saturated carbocycles. The lowest BCUT2D eigenvalue weighted by atomic mass is 9.93. The predicted molar refractivity (Wildman–Crippen MR) is 76.8 cm³/mol. The number of nitrogens with zero attached hydrogens (tertiary/aromatic N) is 1. The molecule has 0 radical (unpaired) electrons. The molecule has 1 fully saturated rings. The van der Waals surface area contributed by atoms with Crippen molar-refractivity contribution in [2.24, 2.45) is 11.8 Å². The van der Waals surface area contributed by atoms with Crippen LogP contribution in [0.25, 0.3) is 0 Å². The Bertz CT molecular complexity index is 820. The van der Waals surface area contributed by atoms with E-state index in [9.17, 15) is 31.5 Å². The smallest absolute Gasteiger partial charge is 0.419 e. The van der Waals surface area contributed by atoms with Gasteiger partial charge in [0, 0.05) is 12.2 Å². The van der Waals surface area contributed by atoms with Crippen molar-refractivity contribution in [2.75, 3.05) is 6.26 Å². The van der Waals surface area contributed by atoms with E-state index in [1.54, 1.807) is 6.07 Å². The molecular formula is C15H14F3NO4S. The lowest BCUT2D eigenvalue weighted by Gasteiger charge is -2.16. The summed E-state index contributed by atoms with van der Waals surface area (Å²) in [5.74, 6) is -3.16. The molecule has 1 aliphatic carbocycles. The summed E-state index contributed by atoms with van der Waals surface area (Å²) in [5, 5.41) is 18.9. The number of phenols is 1. The number of benzene rings is 1. The number of alkyl halides is 3. The number of carbonyl (C=O) groups is 1. The fourth-order valence-corrected chi connectivity index (χ4v) is 3.59. The van der Waals surface area contributed by atoms with Crippen LogP contribution in [0.3, 0.4) is 0 Å². The van der Waals surface area contributed by atoms with Crippen LogP contribution in [-0.4, -0.2) is 25.6 Å². The molecule has 0 bridgehead atoms. The van der Waals surface area contributed by atoms with Gasteiger partial charge < -0.3 is 5.11 Å². The highest BCUT2D eigenvalue weighted by atomic mass is 32.2. The molecule has 1 unspecified atom stereocenters. The Hall–Kier alpha value is -2.08. The molecule has 0 aliphatic heterocycles. The third kappa shape index (κ3) is 3.70. The van der Waals surface area contributed by atoms with E-state index in [1.807, 2.05) is 0 Å². The van der Waals surface area contributed by atoms with E-state index >= 15 is 0 Å². The van der Waals surface area contributed by atoms with E-state index < -0.39 is 38.1 Å². The lowest BCUT2D eigenvalue weighted by molar-refractivity contribution is -0.139. The number of hydrogen-bond acceptors (Lipinski definition) is 5. The van der Waals surface area contributed by atoms with E-state index in [-0.39, 0.29) is 23.7 Å². The highest BCUT2D eigenvalue weighted by Gasteiger charge is 2.39. The minimum atomic E-state index is -4.93. The Balaban J connectivity index is 2.52. The first-order valence-corrected chi connectivity index (χ1v) is 8.91. The molecule has 1 N–H and O–H groups in total. The first-order chi connectivity index (χ1) is 11.0. The van der Waals surface area contributed by atoms with Crippen molar-refractivity contribution < 1.29 is 31.5 Å². The van der Waals surface area contributed by atoms with Crippen molar-refractivity contribution in [1.82, 2.24) is 0 Å². The number of carbonyl (C=O) groups excluding carboxylic acids is 1. The maximum absolute atomic E-state index is 12.9. The third-order valence-electron chi connectivity index (χ3n) is 3.79. The molecule has 130 valence electrons. The zero-order valence-corrected chi connectivity index (χ0v) is 13.4. The minimum Gasteiger partial charge on any atom is -0.506 e. The second kappa shape index (κ2) is 6.09. The second-order valence-electron chi connectivity index (χ2n) is 5.78. The average Bonchev–Trinajstić information content (AvgIpc) is 3.25. The fraction of sp³-hybridized carbons (Fsp3) is 0.467. The maximum Gasteiger partial charge on any atom is 0.419 e. The molecule has 2 rings (SSSR count). The number of sulfone groups is 1. The summed E-state index contributed by atoms with van der Waals surface area (Å²) in [6.07, 6.45) is -3.33. The Morgan fingerprint density at radius 2 is 2.00 bits per heavy atom. The van der Waals surface area contributed by atoms with Crippen molar-refractivity contribution in [3.63, 3.8) is 0 Å². The van der Waals surface area contributed by atoms with Crippen LogP contribution in [0.15, 0.2) is 17.0 Å². The minimum absolute atomic E-state index is 0.177. The van der Waals surface area contributed by atoms with Gasteiger partial charge in [-0.1, -0.05) is 6.07 Å². The molecule has 0 spiro atoms. The maximum atomic E-state index is 12.9. The molecule has 0 saturated heterocycles. The number of aromatic hydroxyl groups is 1. The van der Waals surface area contributed by atoms with Gasteiger partial charge in [0.15, 0.2) is 15.6 Å². The molecule has 1 atom stereocenters. The van der Waals surface area contributed by atoms with Gasteiger partial charge in [-0.25, -0.2) is 8.42 Å². The molecule has 0 aromatic heterocycles. The number of hydrogen-bond donors (Lipinski definition) is 1. The Labute approximate surface area is 136 Å². The van der Waals surface area contributed by atoms with Crippen LogP contribution < -0.4 is 0 Å². The van der Waals surface area contributed by atoms with Gasteiger partial charge in [0.1, 0.15) is 16.6 Å². The Kier molecular flexibility index (Phi) is 4.63. The molecule has 5 nitrogen and oxygen atoms in total.